The topological polar surface area (TPSA) is 109 Å². The fraction of sp³-hybridized carbons (Fsp3) is 0. The van der Waals surface area contributed by atoms with E-state index in [0.717, 1.165) is 12.1 Å². The summed E-state index contributed by atoms with van der Waals surface area (Å²) in [7, 11) is 0. The first-order chi connectivity index (χ1) is 10.5. The average Bonchev–Trinajstić information content (AvgIpc) is 2.48. The summed E-state index contributed by atoms with van der Waals surface area (Å²) in [5, 5.41) is 21.4. The van der Waals surface area contributed by atoms with Crippen LogP contribution in [-0.2, 0) is 0 Å². The van der Waals surface area contributed by atoms with Crippen molar-refractivity contribution in [3.8, 4) is 17.1 Å². The Balaban J connectivity index is 2.27. The first kappa shape index (κ1) is 14.0. The molecule has 0 unspecified atom stereocenters. The van der Waals surface area contributed by atoms with Gasteiger partial charge in [-0.3, -0.25) is 14.9 Å². The maximum Gasteiger partial charge on any atom is 0.270 e. The fourth-order valence-corrected chi connectivity index (χ4v) is 2.24. The molecule has 2 aromatic carbocycles. The lowest BCUT2D eigenvalue weighted by atomic mass is 10.1. The summed E-state index contributed by atoms with van der Waals surface area (Å²) in [5.41, 5.74) is -0.225. The van der Waals surface area contributed by atoms with Gasteiger partial charge in [0.1, 0.15) is 11.6 Å². The number of nitrogens with zero attached hydrogens (tertiary/aromatic N) is 2. The molecule has 0 spiro atoms. The number of halogens is 1. The van der Waals surface area contributed by atoms with E-state index in [0.29, 0.717) is 15.9 Å². The van der Waals surface area contributed by atoms with E-state index >= 15 is 0 Å². The zero-order valence-corrected chi connectivity index (χ0v) is 11.7. The van der Waals surface area contributed by atoms with Gasteiger partial charge >= 0.3 is 0 Å². The quantitative estimate of drug-likeness (QED) is 0.558. The molecule has 0 aliphatic rings. The summed E-state index contributed by atoms with van der Waals surface area (Å²) in [6, 6.07) is 8.10. The largest absolute Gasteiger partial charge is 0.507 e. The summed E-state index contributed by atoms with van der Waals surface area (Å²) < 4.78 is 0. The smallest absolute Gasteiger partial charge is 0.270 e. The number of aromatic nitrogens is 2. The number of hydrogen-bond donors (Lipinski definition) is 2. The van der Waals surface area contributed by atoms with E-state index < -0.39 is 10.5 Å². The standard InChI is InChI=1S/C14H8ClN3O4/c15-7-1-3-11-9(5-7)14(20)17-13(16-11)10-6-8(18(21)22)2-4-12(10)19/h1-6,19H,(H,16,17,20). The van der Waals surface area contributed by atoms with E-state index in [4.69, 9.17) is 11.6 Å². The van der Waals surface area contributed by atoms with Gasteiger partial charge in [-0.15, -0.1) is 0 Å². The molecule has 0 saturated carbocycles. The van der Waals surface area contributed by atoms with Crippen molar-refractivity contribution in [1.82, 2.24) is 9.97 Å². The molecule has 7 nitrogen and oxygen atoms in total. The average molecular weight is 318 g/mol. The molecule has 1 heterocycles. The van der Waals surface area contributed by atoms with Crippen LogP contribution in [0.2, 0.25) is 5.02 Å². The van der Waals surface area contributed by atoms with Crippen LogP contribution in [0.25, 0.3) is 22.3 Å². The molecule has 3 aromatic rings. The Morgan fingerprint density at radius 3 is 2.73 bits per heavy atom. The van der Waals surface area contributed by atoms with Crippen molar-refractivity contribution < 1.29 is 10.0 Å². The van der Waals surface area contributed by atoms with E-state index in [2.05, 4.69) is 9.97 Å². The van der Waals surface area contributed by atoms with Crippen LogP contribution in [0.5, 0.6) is 5.75 Å². The van der Waals surface area contributed by atoms with Gasteiger partial charge < -0.3 is 10.1 Å². The molecule has 1 aromatic heterocycles. The van der Waals surface area contributed by atoms with Crippen molar-refractivity contribution in [2.75, 3.05) is 0 Å². The van der Waals surface area contributed by atoms with E-state index in [-0.39, 0.29) is 22.8 Å². The number of non-ortho nitro benzene ring substituents is 1. The molecular formula is C14H8ClN3O4. The zero-order valence-electron chi connectivity index (χ0n) is 10.9. The van der Waals surface area contributed by atoms with Gasteiger partial charge in [0.15, 0.2) is 0 Å². The minimum absolute atomic E-state index is 0.0426. The first-order valence-electron chi connectivity index (χ1n) is 6.13. The molecule has 0 aliphatic carbocycles. The Morgan fingerprint density at radius 1 is 1.23 bits per heavy atom. The minimum atomic E-state index is -0.595. The highest BCUT2D eigenvalue weighted by Crippen LogP contribution is 2.30. The number of phenols is 1. The number of aromatic amines is 1. The van der Waals surface area contributed by atoms with Crippen LogP contribution in [0.4, 0.5) is 5.69 Å². The van der Waals surface area contributed by atoms with E-state index in [1.807, 2.05) is 0 Å². The second-order valence-corrected chi connectivity index (χ2v) is 4.97. The number of aromatic hydroxyl groups is 1. The number of fused-ring (bicyclic) bond motifs is 1. The zero-order chi connectivity index (χ0) is 15.9. The van der Waals surface area contributed by atoms with E-state index in [9.17, 15) is 20.0 Å². The Labute approximate surface area is 128 Å². The molecule has 110 valence electrons. The van der Waals surface area contributed by atoms with Crippen molar-refractivity contribution in [2.45, 2.75) is 0 Å². The van der Waals surface area contributed by atoms with Crippen molar-refractivity contribution in [1.29, 1.82) is 0 Å². The summed E-state index contributed by atoms with van der Waals surface area (Å²) >= 11 is 5.83. The Kier molecular flexibility index (Phi) is 3.26. The Bertz CT molecular complexity index is 968. The second-order valence-electron chi connectivity index (χ2n) is 4.53. The molecule has 0 amide bonds. The van der Waals surface area contributed by atoms with E-state index in [1.165, 1.54) is 12.1 Å². The number of hydrogen-bond acceptors (Lipinski definition) is 5. The van der Waals surface area contributed by atoms with Gasteiger partial charge in [0.2, 0.25) is 0 Å². The number of rotatable bonds is 2. The highest BCUT2D eigenvalue weighted by molar-refractivity contribution is 6.31. The van der Waals surface area contributed by atoms with Gasteiger partial charge in [-0.05, 0) is 24.3 Å². The molecule has 0 bridgehead atoms. The third-order valence-electron chi connectivity index (χ3n) is 3.11. The van der Waals surface area contributed by atoms with Gasteiger partial charge in [-0.25, -0.2) is 4.98 Å². The first-order valence-corrected chi connectivity index (χ1v) is 6.51. The number of phenolic OH excluding ortho intramolecular Hbond substituents is 1. The Hall–Kier alpha value is -2.93. The van der Waals surface area contributed by atoms with Gasteiger partial charge in [0.05, 0.1) is 21.4 Å². The molecule has 2 N–H and O–H groups in total. The monoisotopic (exact) mass is 317 g/mol. The van der Waals surface area contributed by atoms with Crippen molar-refractivity contribution in [2.24, 2.45) is 0 Å². The predicted molar refractivity (Wildman–Crippen MR) is 81.1 cm³/mol. The number of nitro groups is 1. The molecule has 0 saturated heterocycles. The van der Waals surface area contributed by atoms with Gasteiger partial charge in [0, 0.05) is 17.2 Å². The van der Waals surface area contributed by atoms with Crippen LogP contribution in [0, 0.1) is 10.1 Å². The molecule has 0 atom stereocenters. The maximum atomic E-state index is 12.1. The normalized spacial score (nSPS) is 10.8. The summed E-state index contributed by atoms with van der Waals surface area (Å²) in [6.07, 6.45) is 0. The SMILES string of the molecule is O=c1[nH]c(-c2cc([N+](=O)[O-])ccc2O)nc2ccc(Cl)cc12. The third-order valence-corrected chi connectivity index (χ3v) is 3.35. The van der Waals surface area contributed by atoms with Crippen molar-refractivity contribution in [3.63, 3.8) is 0 Å². The van der Waals surface area contributed by atoms with Crippen LogP contribution in [0.15, 0.2) is 41.2 Å². The summed E-state index contributed by atoms with van der Waals surface area (Å²) in [4.78, 5) is 29.0. The summed E-state index contributed by atoms with van der Waals surface area (Å²) in [6.45, 7) is 0. The highest BCUT2D eigenvalue weighted by Gasteiger charge is 2.15. The highest BCUT2D eigenvalue weighted by atomic mass is 35.5. The molecular weight excluding hydrogens is 310 g/mol. The molecule has 3 rings (SSSR count). The van der Waals surface area contributed by atoms with Crippen LogP contribution in [0.1, 0.15) is 0 Å². The lowest BCUT2D eigenvalue weighted by molar-refractivity contribution is -0.384. The van der Waals surface area contributed by atoms with Crippen molar-refractivity contribution >= 4 is 28.2 Å². The minimum Gasteiger partial charge on any atom is -0.507 e. The lowest BCUT2D eigenvalue weighted by Gasteiger charge is -2.05. The van der Waals surface area contributed by atoms with Crippen LogP contribution in [-0.4, -0.2) is 20.0 Å². The van der Waals surface area contributed by atoms with Gasteiger partial charge in [0.25, 0.3) is 11.2 Å². The third kappa shape index (κ3) is 2.38. The predicted octanol–water partition coefficient (Wildman–Crippen LogP) is 2.86. The van der Waals surface area contributed by atoms with Crippen LogP contribution < -0.4 is 5.56 Å². The number of benzene rings is 2. The lowest BCUT2D eigenvalue weighted by Crippen LogP contribution is -2.09. The summed E-state index contributed by atoms with van der Waals surface area (Å²) in [5.74, 6) is -0.178. The van der Waals surface area contributed by atoms with Crippen molar-refractivity contribution in [3.05, 3.63) is 61.9 Å². The Morgan fingerprint density at radius 2 is 2.00 bits per heavy atom. The van der Waals surface area contributed by atoms with Crippen LogP contribution >= 0.6 is 11.6 Å². The molecule has 0 fully saturated rings. The maximum absolute atomic E-state index is 12.1. The molecule has 0 aliphatic heterocycles. The van der Waals surface area contributed by atoms with Gasteiger partial charge in [-0.2, -0.15) is 0 Å². The molecule has 0 radical (unpaired) electrons. The number of nitro benzene ring substituents is 1. The van der Waals surface area contributed by atoms with E-state index in [1.54, 1.807) is 12.1 Å². The number of H-pyrrole nitrogens is 1. The molecule has 22 heavy (non-hydrogen) atoms. The molecule has 8 heteroatoms. The van der Waals surface area contributed by atoms with Crippen LogP contribution in [0.3, 0.4) is 0 Å². The fourth-order valence-electron chi connectivity index (χ4n) is 2.07. The van der Waals surface area contributed by atoms with Gasteiger partial charge in [-0.1, -0.05) is 11.6 Å². The number of nitrogens with one attached hydrogen (secondary N) is 1. The second kappa shape index (κ2) is 5.12.